The summed E-state index contributed by atoms with van der Waals surface area (Å²) < 4.78 is 21.4. The molecule has 8 nitrogen and oxygen atoms in total. The Kier molecular flexibility index (Phi) is 23.0. The first kappa shape index (κ1) is 34.3. The topological polar surface area (TPSA) is 91.4 Å². The average Bonchev–Trinajstić information content (AvgIpc) is 3.23. The van der Waals surface area contributed by atoms with Gasteiger partial charge in [-0.25, -0.2) is 0 Å². The number of nitrogens with zero attached hydrogens (tertiary/aromatic N) is 1. The van der Waals surface area contributed by atoms with Crippen molar-refractivity contribution >= 4 is 17.8 Å². The zero-order valence-corrected chi connectivity index (χ0v) is 23.9. The molecule has 0 bridgehead atoms. The Hall–Kier alpha value is -1.77. The molecule has 0 aromatic carbocycles. The van der Waals surface area contributed by atoms with Crippen LogP contribution in [0.3, 0.4) is 0 Å². The molecule has 0 saturated carbocycles. The molecule has 0 saturated heterocycles. The smallest absolute Gasteiger partial charge is 0.305 e. The number of carbonyl (C=O) groups excluding carboxylic acids is 3. The average molecular weight is 540 g/mol. The fourth-order valence-corrected chi connectivity index (χ4v) is 4.28. The van der Waals surface area contributed by atoms with Gasteiger partial charge in [0.25, 0.3) is 11.8 Å². The van der Waals surface area contributed by atoms with E-state index >= 15 is 0 Å². The van der Waals surface area contributed by atoms with Gasteiger partial charge < -0.3 is 18.9 Å². The molecule has 1 aliphatic heterocycles. The van der Waals surface area contributed by atoms with E-state index in [1.165, 1.54) is 95.6 Å². The van der Waals surface area contributed by atoms with Gasteiger partial charge in [-0.3, -0.25) is 19.3 Å². The van der Waals surface area contributed by atoms with Crippen LogP contribution in [0.4, 0.5) is 0 Å². The Bertz CT molecular complexity index is 620. The van der Waals surface area contributed by atoms with Crippen LogP contribution in [0.5, 0.6) is 0 Å². The largest absolute Gasteiger partial charge is 0.463 e. The van der Waals surface area contributed by atoms with Crippen LogP contribution in [0, 0.1) is 0 Å². The van der Waals surface area contributed by atoms with Crippen LogP contribution < -0.4 is 0 Å². The summed E-state index contributed by atoms with van der Waals surface area (Å²) in [6, 6.07) is 0. The van der Waals surface area contributed by atoms with Crippen molar-refractivity contribution in [3.8, 4) is 0 Å². The van der Waals surface area contributed by atoms with Gasteiger partial charge in [-0.2, -0.15) is 0 Å². The Labute approximate surface area is 230 Å². The first-order chi connectivity index (χ1) is 18.6. The monoisotopic (exact) mass is 539 g/mol. The molecule has 8 heteroatoms. The van der Waals surface area contributed by atoms with E-state index in [9.17, 15) is 14.4 Å². The summed E-state index contributed by atoms with van der Waals surface area (Å²) in [4.78, 5) is 35.7. The van der Waals surface area contributed by atoms with Crippen LogP contribution in [0.15, 0.2) is 12.2 Å². The fraction of sp³-hybridized carbons (Fsp3) is 0.833. The van der Waals surface area contributed by atoms with Gasteiger partial charge in [0.2, 0.25) is 0 Å². The van der Waals surface area contributed by atoms with Crippen molar-refractivity contribution in [1.82, 2.24) is 4.90 Å². The standard InChI is InChI=1S/C30H53NO7/c1-2-3-4-5-6-7-8-9-10-11-12-13-14-15-16-17-30(34)38-27-26-37-25-24-36-23-22-35-21-20-31-28(32)18-19-29(31)33/h18-19H,2-17,20-27H2,1H3. The zero-order chi connectivity index (χ0) is 27.5. The Morgan fingerprint density at radius 2 is 0.974 bits per heavy atom. The second kappa shape index (κ2) is 25.5. The van der Waals surface area contributed by atoms with Gasteiger partial charge in [0.15, 0.2) is 0 Å². The van der Waals surface area contributed by atoms with Crippen LogP contribution in [0.25, 0.3) is 0 Å². The van der Waals surface area contributed by atoms with Gasteiger partial charge in [0.1, 0.15) is 6.61 Å². The SMILES string of the molecule is CCCCCCCCCCCCCCCCCC(=O)OCCOCCOCCOCCN1C(=O)C=CC1=O. The van der Waals surface area contributed by atoms with Crippen molar-refractivity contribution in [1.29, 1.82) is 0 Å². The molecule has 0 spiro atoms. The number of ether oxygens (including phenoxy) is 4. The molecule has 220 valence electrons. The summed E-state index contributed by atoms with van der Waals surface area (Å²) in [5, 5.41) is 0. The fourth-order valence-electron chi connectivity index (χ4n) is 4.28. The lowest BCUT2D eigenvalue weighted by molar-refractivity contribution is -0.145. The molecule has 0 N–H and O–H groups in total. The minimum absolute atomic E-state index is 0.148. The minimum atomic E-state index is -0.303. The van der Waals surface area contributed by atoms with Gasteiger partial charge in [-0.05, 0) is 6.42 Å². The highest BCUT2D eigenvalue weighted by Crippen LogP contribution is 2.13. The lowest BCUT2D eigenvalue weighted by Crippen LogP contribution is -2.33. The van der Waals surface area contributed by atoms with E-state index < -0.39 is 0 Å². The van der Waals surface area contributed by atoms with Gasteiger partial charge in [-0.1, -0.05) is 96.8 Å². The van der Waals surface area contributed by atoms with Crippen LogP contribution in [0.1, 0.15) is 110 Å². The molecular formula is C30H53NO7. The van der Waals surface area contributed by atoms with E-state index in [0.717, 1.165) is 17.7 Å². The highest BCUT2D eigenvalue weighted by atomic mass is 16.6. The number of imide groups is 1. The molecule has 0 radical (unpaired) electrons. The van der Waals surface area contributed by atoms with E-state index in [1.807, 2.05) is 0 Å². The summed E-state index contributed by atoms with van der Waals surface area (Å²) in [5.41, 5.74) is 0. The first-order valence-electron chi connectivity index (χ1n) is 15.1. The first-order valence-corrected chi connectivity index (χ1v) is 15.1. The second-order valence-electron chi connectivity index (χ2n) is 9.92. The molecule has 0 aliphatic carbocycles. The van der Waals surface area contributed by atoms with E-state index in [-0.39, 0.29) is 37.5 Å². The van der Waals surface area contributed by atoms with Gasteiger partial charge in [-0.15, -0.1) is 0 Å². The third-order valence-corrected chi connectivity index (χ3v) is 6.58. The molecular weight excluding hydrogens is 486 g/mol. The molecule has 38 heavy (non-hydrogen) atoms. The Balaban J connectivity index is 1.71. The predicted molar refractivity (Wildman–Crippen MR) is 149 cm³/mol. The predicted octanol–water partition coefficient (Wildman–Crippen LogP) is 5.77. The second-order valence-corrected chi connectivity index (χ2v) is 9.92. The number of esters is 1. The summed E-state index contributed by atoms with van der Waals surface area (Å²) >= 11 is 0. The van der Waals surface area contributed by atoms with Crippen LogP contribution in [-0.4, -0.2) is 75.5 Å². The van der Waals surface area contributed by atoms with Crippen LogP contribution in [-0.2, 0) is 33.3 Å². The highest BCUT2D eigenvalue weighted by molar-refractivity contribution is 6.12. The summed E-state index contributed by atoms with van der Waals surface area (Å²) in [7, 11) is 0. The van der Waals surface area contributed by atoms with Crippen molar-refractivity contribution in [2.75, 3.05) is 52.8 Å². The molecule has 0 unspecified atom stereocenters. The van der Waals surface area contributed by atoms with Crippen LogP contribution >= 0.6 is 0 Å². The molecule has 0 aromatic heterocycles. The van der Waals surface area contributed by atoms with Crippen molar-refractivity contribution in [3.63, 3.8) is 0 Å². The third-order valence-electron chi connectivity index (χ3n) is 6.58. The molecule has 1 rings (SSSR count). The van der Waals surface area contributed by atoms with E-state index in [0.29, 0.717) is 39.5 Å². The molecule has 0 atom stereocenters. The number of hydrogen-bond donors (Lipinski definition) is 0. The summed E-state index contributed by atoms with van der Waals surface area (Å²) in [6.45, 7) is 5.03. The van der Waals surface area contributed by atoms with Crippen molar-refractivity contribution < 1.29 is 33.3 Å². The normalized spacial score (nSPS) is 13.1. The van der Waals surface area contributed by atoms with E-state index in [2.05, 4.69) is 6.92 Å². The maximum absolute atomic E-state index is 11.8. The zero-order valence-electron chi connectivity index (χ0n) is 23.9. The van der Waals surface area contributed by atoms with Gasteiger partial charge >= 0.3 is 5.97 Å². The minimum Gasteiger partial charge on any atom is -0.463 e. The summed E-state index contributed by atoms with van der Waals surface area (Å²) in [6.07, 6.45) is 22.7. The maximum Gasteiger partial charge on any atom is 0.305 e. The molecule has 0 aromatic rings. The van der Waals surface area contributed by atoms with Crippen LogP contribution in [0.2, 0.25) is 0 Å². The van der Waals surface area contributed by atoms with Crippen molar-refractivity contribution in [2.45, 2.75) is 110 Å². The number of hydrogen-bond acceptors (Lipinski definition) is 7. The molecule has 1 aliphatic rings. The van der Waals surface area contributed by atoms with Gasteiger partial charge in [0.05, 0.1) is 46.2 Å². The van der Waals surface area contributed by atoms with E-state index in [1.54, 1.807) is 0 Å². The lowest BCUT2D eigenvalue weighted by Gasteiger charge is -2.13. The van der Waals surface area contributed by atoms with E-state index in [4.69, 9.17) is 18.9 Å². The maximum atomic E-state index is 11.8. The summed E-state index contributed by atoms with van der Waals surface area (Å²) in [5.74, 6) is -0.754. The quantitative estimate of drug-likeness (QED) is 0.0708. The molecule has 0 fully saturated rings. The van der Waals surface area contributed by atoms with Crippen molar-refractivity contribution in [2.24, 2.45) is 0 Å². The van der Waals surface area contributed by atoms with Gasteiger partial charge in [0, 0.05) is 18.6 Å². The lowest BCUT2D eigenvalue weighted by atomic mass is 10.0. The molecule has 1 heterocycles. The van der Waals surface area contributed by atoms with Crippen molar-refractivity contribution in [3.05, 3.63) is 12.2 Å². The third kappa shape index (κ3) is 20.2. The number of amides is 2. The highest BCUT2D eigenvalue weighted by Gasteiger charge is 2.22. The molecule has 2 amide bonds. The Morgan fingerprint density at radius 1 is 0.579 bits per heavy atom. The number of rotatable bonds is 28. The number of carbonyl (C=O) groups is 3. The number of unbranched alkanes of at least 4 members (excludes halogenated alkanes) is 14. The Morgan fingerprint density at radius 3 is 1.45 bits per heavy atom.